The van der Waals surface area contributed by atoms with E-state index in [0.29, 0.717) is 12.1 Å². The molecule has 2 rings (SSSR count). The molecule has 1 aromatic heterocycles. The van der Waals surface area contributed by atoms with E-state index in [2.05, 4.69) is 19.9 Å². The Kier molecular flexibility index (Phi) is 4.66. The van der Waals surface area contributed by atoms with Crippen LogP contribution in [0.15, 0.2) is 0 Å². The Labute approximate surface area is 128 Å². The van der Waals surface area contributed by atoms with E-state index in [4.69, 9.17) is 5.73 Å². The molecule has 116 valence electrons. The van der Waals surface area contributed by atoms with Crippen molar-refractivity contribution in [2.24, 2.45) is 0 Å². The molecule has 1 unspecified atom stereocenters. The molecule has 1 aliphatic heterocycles. The largest absolute Gasteiger partial charge is 0.382 e. The van der Waals surface area contributed by atoms with Crippen LogP contribution in [0.5, 0.6) is 0 Å². The average molecular weight is 311 g/mol. The molecule has 1 aromatic rings. The fraction of sp³-hybridized carbons (Fsp3) is 0.615. The molecule has 1 aliphatic rings. The molecule has 4 N–H and O–H groups in total. The van der Waals surface area contributed by atoms with Gasteiger partial charge in [0.25, 0.3) is 5.91 Å². The Bertz CT molecular complexity index is 543. The van der Waals surface area contributed by atoms with Crippen LogP contribution in [0.1, 0.15) is 37.6 Å². The minimum Gasteiger partial charge on any atom is -0.382 e. The van der Waals surface area contributed by atoms with Gasteiger partial charge < -0.3 is 21.3 Å². The van der Waals surface area contributed by atoms with Crippen molar-refractivity contribution >= 4 is 34.2 Å². The molecule has 0 bridgehead atoms. The summed E-state index contributed by atoms with van der Waals surface area (Å²) in [7, 11) is 0. The van der Waals surface area contributed by atoms with E-state index in [0.717, 1.165) is 18.0 Å². The Morgan fingerprint density at radius 2 is 2.19 bits per heavy atom. The van der Waals surface area contributed by atoms with E-state index < -0.39 is 0 Å². The van der Waals surface area contributed by atoms with E-state index in [1.165, 1.54) is 18.5 Å². The first-order chi connectivity index (χ1) is 9.88. The zero-order chi connectivity index (χ0) is 15.6. The van der Waals surface area contributed by atoms with Gasteiger partial charge in [-0.05, 0) is 31.8 Å². The van der Waals surface area contributed by atoms with Crippen molar-refractivity contribution in [1.82, 2.24) is 15.0 Å². The van der Waals surface area contributed by atoms with Crippen LogP contribution in [-0.2, 0) is 4.79 Å². The molecule has 2 amide bonds. The van der Waals surface area contributed by atoms with Crippen LogP contribution in [0.25, 0.3) is 0 Å². The summed E-state index contributed by atoms with van der Waals surface area (Å²) in [6.07, 6.45) is 0.850. The standard InChI is InChI=1S/C13H21N5O2S/c1-7(2)15-12(20)10-11(14)17-21-13(10)18-5-4-9(6-18)16-8(3)19/h7,9H,4-6H2,1-3H3,(H2,14,17)(H,15,20)(H,16,19). The molecule has 0 aliphatic carbocycles. The van der Waals surface area contributed by atoms with Gasteiger partial charge in [-0.3, -0.25) is 9.59 Å². The molecular weight excluding hydrogens is 290 g/mol. The molecule has 0 aromatic carbocycles. The third kappa shape index (κ3) is 3.63. The molecule has 0 radical (unpaired) electrons. The number of nitrogens with two attached hydrogens (primary N) is 1. The predicted octanol–water partition coefficient (Wildman–Crippen LogP) is 0.578. The van der Waals surface area contributed by atoms with Crippen LogP contribution >= 0.6 is 11.5 Å². The highest BCUT2D eigenvalue weighted by atomic mass is 32.1. The lowest BCUT2D eigenvalue weighted by atomic mass is 10.2. The molecule has 8 heteroatoms. The number of carbonyl (C=O) groups is 2. The Balaban J connectivity index is 2.14. The summed E-state index contributed by atoms with van der Waals surface area (Å²) in [4.78, 5) is 25.4. The van der Waals surface area contributed by atoms with E-state index in [1.807, 2.05) is 13.8 Å². The van der Waals surface area contributed by atoms with Crippen LogP contribution in [0, 0.1) is 0 Å². The summed E-state index contributed by atoms with van der Waals surface area (Å²) in [5, 5.41) is 6.52. The highest BCUT2D eigenvalue weighted by Crippen LogP contribution is 2.32. The van der Waals surface area contributed by atoms with Crippen molar-refractivity contribution < 1.29 is 9.59 Å². The van der Waals surface area contributed by atoms with E-state index >= 15 is 0 Å². The zero-order valence-electron chi connectivity index (χ0n) is 12.5. The lowest BCUT2D eigenvalue weighted by Gasteiger charge is -2.18. The second-order valence-electron chi connectivity index (χ2n) is 5.51. The van der Waals surface area contributed by atoms with Gasteiger partial charge in [0, 0.05) is 32.1 Å². The summed E-state index contributed by atoms with van der Waals surface area (Å²) < 4.78 is 4.11. The predicted molar refractivity (Wildman–Crippen MR) is 83.6 cm³/mol. The van der Waals surface area contributed by atoms with Gasteiger partial charge in [0.1, 0.15) is 10.6 Å². The number of anilines is 2. The van der Waals surface area contributed by atoms with Gasteiger partial charge in [-0.2, -0.15) is 4.37 Å². The smallest absolute Gasteiger partial charge is 0.258 e. The Morgan fingerprint density at radius 3 is 2.81 bits per heavy atom. The van der Waals surface area contributed by atoms with Crippen molar-refractivity contribution in [1.29, 1.82) is 0 Å². The van der Waals surface area contributed by atoms with Gasteiger partial charge in [0.2, 0.25) is 5.91 Å². The number of nitrogen functional groups attached to an aromatic ring is 1. The molecule has 21 heavy (non-hydrogen) atoms. The lowest BCUT2D eigenvalue weighted by Crippen LogP contribution is -2.36. The number of nitrogens with zero attached hydrogens (tertiary/aromatic N) is 2. The summed E-state index contributed by atoms with van der Waals surface area (Å²) in [6.45, 7) is 6.75. The van der Waals surface area contributed by atoms with Crippen LogP contribution in [0.4, 0.5) is 10.8 Å². The third-order valence-electron chi connectivity index (χ3n) is 3.23. The third-order valence-corrected chi connectivity index (χ3v) is 4.15. The number of rotatable bonds is 4. The molecule has 1 atom stereocenters. The molecule has 7 nitrogen and oxygen atoms in total. The second kappa shape index (κ2) is 6.30. The van der Waals surface area contributed by atoms with E-state index in [1.54, 1.807) is 0 Å². The van der Waals surface area contributed by atoms with Crippen molar-refractivity contribution in [2.75, 3.05) is 23.7 Å². The number of hydrogen-bond donors (Lipinski definition) is 3. The molecule has 0 saturated carbocycles. The first-order valence-corrected chi connectivity index (χ1v) is 7.74. The maximum absolute atomic E-state index is 12.3. The number of carbonyl (C=O) groups excluding carboxylic acids is 2. The number of aromatic nitrogens is 1. The van der Waals surface area contributed by atoms with Gasteiger partial charge in [0.15, 0.2) is 5.82 Å². The lowest BCUT2D eigenvalue weighted by molar-refractivity contribution is -0.119. The van der Waals surface area contributed by atoms with Crippen molar-refractivity contribution in [2.45, 2.75) is 39.3 Å². The minimum absolute atomic E-state index is 0.0374. The zero-order valence-corrected chi connectivity index (χ0v) is 13.3. The van der Waals surface area contributed by atoms with Crippen LogP contribution in [0.3, 0.4) is 0 Å². The van der Waals surface area contributed by atoms with Gasteiger partial charge in [-0.25, -0.2) is 0 Å². The van der Waals surface area contributed by atoms with E-state index in [9.17, 15) is 9.59 Å². The molecule has 1 fully saturated rings. The summed E-state index contributed by atoms with van der Waals surface area (Å²) in [5.74, 6) is 0.0220. The van der Waals surface area contributed by atoms with Crippen LogP contribution in [-0.4, -0.2) is 41.4 Å². The van der Waals surface area contributed by atoms with Crippen LogP contribution < -0.4 is 21.3 Å². The maximum atomic E-state index is 12.3. The fourth-order valence-electron chi connectivity index (χ4n) is 2.41. The number of nitrogens with one attached hydrogen (secondary N) is 2. The monoisotopic (exact) mass is 311 g/mol. The fourth-order valence-corrected chi connectivity index (χ4v) is 3.25. The SMILES string of the molecule is CC(=O)NC1CCN(c2snc(N)c2C(=O)NC(C)C)C1. The van der Waals surface area contributed by atoms with Gasteiger partial charge in [-0.1, -0.05) is 0 Å². The van der Waals surface area contributed by atoms with Crippen molar-refractivity contribution in [3.8, 4) is 0 Å². The molecule has 0 spiro atoms. The van der Waals surface area contributed by atoms with Crippen LogP contribution in [0.2, 0.25) is 0 Å². The first kappa shape index (κ1) is 15.6. The average Bonchev–Trinajstić information content (AvgIpc) is 2.93. The Morgan fingerprint density at radius 1 is 1.48 bits per heavy atom. The normalized spacial score (nSPS) is 18.1. The second-order valence-corrected chi connectivity index (χ2v) is 6.26. The molecular formula is C13H21N5O2S. The topological polar surface area (TPSA) is 100 Å². The summed E-state index contributed by atoms with van der Waals surface area (Å²) in [5.41, 5.74) is 6.28. The summed E-state index contributed by atoms with van der Waals surface area (Å²) >= 11 is 1.23. The highest BCUT2D eigenvalue weighted by molar-refractivity contribution is 7.11. The highest BCUT2D eigenvalue weighted by Gasteiger charge is 2.29. The molecule has 1 saturated heterocycles. The van der Waals surface area contributed by atoms with Crippen molar-refractivity contribution in [3.63, 3.8) is 0 Å². The van der Waals surface area contributed by atoms with E-state index in [-0.39, 0.29) is 29.7 Å². The summed E-state index contributed by atoms with van der Waals surface area (Å²) in [6, 6.07) is 0.141. The maximum Gasteiger partial charge on any atom is 0.258 e. The quantitative estimate of drug-likeness (QED) is 0.755. The van der Waals surface area contributed by atoms with Gasteiger partial charge in [0.05, 0.1) is 0 Å². The first-order valence-electron chi connectivity index (χ1n) is 6.96. The molecule has 2 heterocycles. The minimum atomic E-state index is -0.200. The number of hydrogen-bond acceptors (Lipinski definition) is 6. The number of amides is 2. The van der Waals surface area contributed by atoms with Crippen molar-refractivity contribution in [3.05, 3.63) is 5.56 Å². The van der Waals surface area contributed by atoms with Gasteiger partial charge in [-0.15, -0.1) is 0 Å². The van der Waals surface area contributed by atoms with Gasteiger partial charge >= 0.3 is 0 Å². The Hall–Kier alpha value is -1.83.